The van der Waals surface area contributed by atoms with E-state index in [1.54, 1.807) is 4.90 Å². The molecular formula is C17H21F2NO4. The standard InChI is InChI=1S/C17H21F2NO4/c1-11-10-20(7-6-13(11)17(22)23)16(21)3-2-8-24-15-5-4-12(18)9-14(15)19/h4-5,9,11,13H,2-3,6-8,10H2,1H3,(H,22,23). The highest BCUT2D eigenvalue weighted by molar-refractivity contribution is 5.77. The maximum Gasteiger partial charge on any atom is 0.306 e. The second-order valence-corrected chi connectivity index (χ2v) is 6.08. The van der Waals surface area contributed by atoms with Gasteiger partial charge in [0.25, 0.3) is 0 Å². The maximum atomic E-state index is 13.4. The van der Waals surface area contributed by atoms with Gasteiger partial charge in [-0.3, -0.25) is 9.59 Å². The molecule has 0 radical (unpaired) electrons. The summed E-state index contributed by atoms with van der Waals surface area (Å²) in [6.45, 7) is 2.85. The van der Waals surface area contributed by atoms with Gasteiger partial charge in [0, 0.05) is 25.6 Å². The monoisotopic (exact) mass is 341 g/mol. The van der Waals surface area contributed by atoms with E-state index in [4.69, 9.17) is 9.84 Å². The molecule has 0 saturated carbocycles. The molecule has 1 fully saturated rings. The van der Waals surface area contributed by atoms with Gasteiger partial charge in [0.2, 0.25) is 5.91 Å². The van der Waals surface area contributed by atoms with Gasteiger partial charge < -0.3 is 14.7 Å². The van der Waals surface area contributed by atoms with Gasteiger partial charge in [-0.2, -0.15) is 0 Å². The number of carboxylic acids is 1. The average molecular weight is 341 g/mol. The zero-order chi connectivity index (χ0) is 17.7. The summed E-state index contributed by atoms with van der Waals surface area (Å²) in [7, 11) is 0. The zero-order valence-corrected chi connectivity index (χ0v) is 13.5. The van der Waals surface area contributed by atoms with Gasteiger partial charge in [0.05, 0.1) is 12.5 Å². The SMILES string of the molecule is CC1CN(C(=O)CCCOc2ccc(F)cc2F)CCC1C(=O)O. The molecule has 2 unspecified atom stereocenters. The van der Waals surface area contributed by atoms with E-state index in [1.807, 2.05) is 6.92 Å². The van der Waals surface area contributed by atoms with E-state index in [0.717, 1.165) is 12.1 Å². The number of likely N-dealkylation sites (tertiary alicyclic amines) is 1. The number of piperidine rings is 1. The second-order valence-electron chi connectivity index (χ2n) is 6.08. The van der Waals surface area contributed by atoms with Crippen molar-refractivity contribution < 1.29 is 28.2 Å². The van der Waals surface area contributed by atoms with E-state index in [1.165, 1.54) is 6.07 Å². The first-order chi connectivity index (χ1) is 11.4. The number of carbonyl (C=O) groups is 2. The van der Waals surface area contributed by atoms with Crippen molar-refractivity contribution in [3.63, 3.8) is 0 Å². The smallest absolute Gasteiger partial charge is 0.306 e. The number of hydrogen-bond acceptors (Lipinski definition) is 3. The zero-order valence-electron chi connectivity index (χ0n) is 13.5. The molecule has 24 heavy (non-hydrogen) atoms. The lowest BCUT2D eigenvalue weighted by Gasteiger charge is -2.35. The van der Waals surface area contributed by atoms with E-state index in [-0.39, 0.29) is 30.6 Å². The molecule has 1 N–H and O–H groups in total. The minimum absolute atomic E-state index is 0.0419. The summed E-state index contributed by atoms with van der Waals surface area (Å²) in [6, 6.07) is 3.07. The van der Waals surface area contributed by atoms with Crippen LogP contribution in [0.15, 0.2) is 18.2 Å². The molecule has 1 saturated heterocycles. The van der Waals surface area contributed by atoms with E-state index >= 15 is 0 Å². The summed E-state index contributed by atoms with van der Waals surface area (Å²) in [6.07, 6.45) is 1.11. The minimum Gasteiger partial charge on any atom is -0.491 e. The van der Waals surface area contributed by atoms with Gasteiger partial charge in [-0.25, -0.2) is 8.78 Å². The van der Waals surface area contributed by atoms with Gasteiger partial charge in [-0.1, -0.05) is 6.92 Å². The summed E-state index contributed by atoms with van der Waals surface area (Å²) < 4.78 is 31.4. The highest BCUT2D eigenvalue weighted by atomic mass is 19.1. The maximum absolute atomic E-state index is 13.4. The Balaban J connectivity index is 1.73. The molecule has 0 aliphatic carbocycles. The fourth-order valence-corrected chi connectivity index (χ4v) is 2.89. The third kappa shape index (κ3) is 4.66. The summed E-state index contributed by atoms with van der Waals surface area (Å²) >= 11 is 0. The Labute approximate surface area is 139 Å². The van der Waals surface area contributed by atoms with Crippen molar-refractivity contribution in [2.45, 2.75) is 26.2 Å². The van der Waals surface area contributed by atoms with Crippen LogP contribution in [0, 0.1) is 23.5 Å². The number of rotatable bonds is 6. The van der Waals surface area contributed by atoms with Crippen molar-refractivity contribution in [3.05, 3.63) is 29.8 Å². The van der Waals surface area contributed by atoms with Crippen molar-refractivity contribution in [1.82, 2.24) is 4.90 Å². The molecule has 2 rings (SSSR count). The first kappa shape index (κ1) is 18.2. The molecule has 0 spiro atoms. The first-order valence-corrected chi connectivity index (χ1v) is 7.97. The Morgan fingerprint density at radius 3 is 2.75 bits per heavy atom. The first-order valence-electron chi connectivity index (χ1n) is 7.97. The predicted octanol–water partition coefficient (Wildman–Crippen LogP) is 2.69. The summed E-state index contributed by atoms with van der Waals surface area (Å²) in [5.74, 6) is -2.85. The third-order valence-corrected chi connectivity index (χ3v) is 4.26. The van der Waals surface area contributed by atoms with Crippen molar-refractivity contribution >= 4 is 11.9 Å². The number of ether oxygens (including phenoxy) is 1. The van der Waals surface area contributed by atoms with Crippen LogP contribution >= 0.6 is 0 Å². The van der Waals surface area contributed by atoms with E-state index in [0.29, 0.717) is 25.9 Å². The molecule has 1 heterocycles. The lowest BCUT2D eigenvalue weighted by Crippen LogP contribution is -2.45. The molecular weight excluding hydrogens is 320 g/mol. The average Bonchev–Trinajstić information content (AvgIpc) is 2.52. The van der Waals surface area contributed by atoms with Crippen molar-refractivity contribution in [1.29, 1.82) is 0 Å². The van der Waals surface area contributed by atoms with Crippen LogP contribution in [-0.2, 0) is 9.59 Å². The van der Waals surface area contributed by atoms with Crippen LogP contribution in [0.1, 0.15) is 26.2 Å². The van der Waals surface area contributed by atoms with Crippen LogP contribution in [0.25, 0.3) is 0 Å². The van der Waals surface area contributed by atoms with Gasteiger partial charge >= 0.3 is 5.97 Å². The Kier molecular flexibility index (Phi) is 6.11. The van der Waals surface area contributed by atoms with Crippen LogP contribution in [-0.4, -0.2) is 41.6 Å². The van der Waals surface area contributed by atoms with Crippen LogP contribution in [0.4, 0.5) is 8.78 Å². The number of carbonyl (C=O) groups excluding carboxylic acids is 1. The van der Waals surface area contributed by atoms with Crippen LogP contribution in [0.3, 0.4) is 0 Å². The normalized spacial score (nSPS) is 20.7. The van der Waals surface area contributed by atoms with Gasteiger partial charge in [-0.05, 0) is 30.9 Å². The molecule has 0 aromatic heterocycles. The molecule has 0 bridgehead atoms. The molecule has 7 heteroatoms. The summed E-state index contributed by atoms with van der Waals surface area (Å²) in [5, 5.41) is 9.08. The molecule has 1 aromatic carbocycles. The lowest BCUT2D eigenvalue weighted by molar-refractivity contribution is -0.148. The predicted molar refractivity (Wildman–Crippen MR) is 82.6 cm³/mol. The molecule has 5 nitrogen and oxygen atoms in total. The fraction of sp³-hybridized carbons (Fsp3) is 0.529. The molecule has 1 aromatic rings. The van der Waals surface area contributed by atoms with E-state index < -0.39 is 23.5 Å². The van der Waals surface area contributed by atoms with Crippen molar-refractivity contribution in [2.75, 3.05) is 19.7 Å². The Bertz CT molecular complexity index is 608. The quantitative estimate of drug-likeness (QED) is 0.808. The lowest BCUT2D eigenvalue weighted by atomic mass is 9.87. The number of hydrogen-bond donors (Lipinski definition) is 1. The molecule has 132 valence electrons. The molecule has 2 atom stereocenters. The summed E-state index contributed by atoms with van der Waals surface area (Å²) in [5.41, 5.74) is 0. The highest BCUT2D eigenvalue weighted by Crippen LogP contribution is 2.24. The van der Waals surface area contributed by atoms with Gasteiger partial charge in [-0.15, -0.1) is 0 Å². The minimum atomic E-state index is -0.815. The summed E-state index contributed by atoms with van der Waals surface area (Å²) in [4.78, 5) is 24.9. The van der Waals surface area contributed by atoms with Crippen molar-refractivity contribution in [2.24, 2.45) is 11.8 Å². The van der Waals surface area contributed by atoms with Crippen LogP contribution in [0.5, 0.6) is 5.75 Å². The highest BCUT2D eigenvalue weighted by Gasteiger charge is 2.32. The molecule has 1 amide bonds. The number of nitrogens with zero attached hydrogens (tertiary/aromatic N) is 1. The largest absolute Gasteiger partial charge is 0.491 e. The Morgan fingerprint density at radius 2 is 2.12 bits per heavy atom. The Morgan fingerprint density at radius 1 is 1.38 bits per heavy atom. The molecule has 1 aliphatic rings. The van der Waals surface area contributed by atoms with Crippen molar-refractivity contribution in [3.8, 4) is 5.75 Å². The second kappa shape index (κ2) is 8.08. The van der Waals surface area contributed by atoms with Gasteiger partial charge in [0.15, 0.2) is 11.6 Å². The van der Waals surface area contributed by atoms with Crippen LogP contribution < -0.4 is 4.74 Å². The number of aliphatic carboxylic acids is 1. The number of amides is 1. The number of halogens is 2. The molecule has 1 aliphatic heterocycles. The number of benzene rings is 1. The topological polar surface area (TPSA) is 66.8 Å². The van der Waals surface area contributed by atoms with Gasteiger partial charge in [0.1, 0.15) is 5.82 Å². The Hall–Kier alpha value is -2.18. The van der Waals surface area contributed by atoms with Crippen LogP contribution in [0.2, 0.25) is 0 Å². The number of carboxylic acid groups (broad SMARTS) is 1. The third-order valence-electron chi connectivity index (χ3n) is 4.26. The fourth-order valence-electron chi connectivity index (χ4n) is 2.89. The van der Waals surface area contributed by atoms with E-state index in [2.05, 4.69) is 0 Å². The van der Waals surface area contributed by atoms with E-state index in [9.17, 15) is 18.4 Å².